The fraction of sp³-hybridized carbons (Fsp3) is 0.964. The van der Waals surface area contributed by atoms with Crippen LogP contribution >= 0.6 is 0 Å². The largest absolute Gasteiger partial charge is 0.306 e. The number of Topliss-reactive ketones (excluding diaryl/α,β-unsaturated/α-hetero) is 1. The van der Waals surface area contributed by atoms with Crippen molar-refractivity contribution in [2.24, 2.45) is 46.3 Å². The number of carbonyl (C=O) groups excluding carboxylic acids is 1. The van der Waals surface area contributed by atoms with Crippen LogP contribution in [0.1, 0.15) is 104 Å². The lowest BCUT2D eigenvalue weighted by Crippen LogP contribution is -2.51. The fourth-order valence-electron chi connectivity index (χ4n) is 9.46. The van der Waals surface area contributed by atoms with Crippen molar-refractivity contribution in [1.82, 2.24) is 4.90 Å². The summed E-state index contributed by atoms with van der Waals surface area (Å²) in [7, 11) is 2.29. The number of ketones is 1. The van der Waals surface area contributed by atoms with Crippen molar-refractivity contribution in [3.63, 3.8) is 0 Å². The summed E-state index contributed by atoms with van der Waals surface area (Å²) >= 11 is 0. The third-order valence-electron chi connectivity index (χ3n) is 11.5. The molecule has 0 bridgehead atoms. The quantitative estimate of drug-likeness (QED) is 0.511. The fourth-order valence-corrected chi connectivity index (χ4v) is 9.46. The van der Waals surface area contributed by atoms with E-state index in [0.29, 0.717) is 17.1 Å². The van der Waals surface area contributed by atoms with Crippen LogP contribution in [0.3, 0.4) is 0 Å². The van der Waals surface area contributed by atoms with Crippen molar-refractivity contribution in [3.8, 4) is 0 Å². The summed E-state index contributed by atoms with van der Waals surface area (Å²) in [5.74, 6) is 6.04. The van der Waals surface area contributed by atoms with Gasteiger partial charge in [0.15, 0.2) is 0 Å². The highest BCUT2D eigenvalue weighted by molar-refractivity contribution is 5.87. The number of carbonyl (C=O) groups is 1. The average Bonchev–Trinajstić information content (AvgIpc) is 2.93. The molecule has 30 heavy (non-hydrogen) atoms. The third kappa shape index (κ3) is 3.61. The van der Waals surface area contributed by atoms with Gasteiger partial charge in [0.05, 0.1) is 0 Å². The van der Waals surface area contributed by atoms with Crippen molar-refractivity contribution < 1.29 is 4.79 Å². The van der Waals surface area contributed by atoms with E-state index >= 15 is 0 Å². The van der Waals surface area contributed by atoms with E-state index in [1.807, 2.05) is 0 Å². The molecule has 5 rings (SSSR count). The number of hydrogen-bond donors (Lipinski definition) is 0. The second kappa shape index (κ2) is 8.20. The molecule has 2 nitrogen and oxygen atoms in total. The van der Waals surface area contributed by atoms with E-state index < -0.39 is 0 Å². The van der Waals surface area contributed by atoms with Crippen LogP contribution in [0.2, 0.25) is 0 Å². The minimum atomic E-state index is 0.0473. The zero-order valence-corrected chi connectivity index (χ0v) is 20.1. The van der Waals surface area contributed by atoms with Gasteiger partial charge in [0.1, 0.15) is 5.78 Å². The van der Waals surface area contributed by atoms with Gasteiger partial charge in [-0.15, -0.1) is 0 Å². The first kappa shape index (κ1) is 21.5. The van der Waals surface area contributed by atoms with E-state index in [2.05, 4.69) is 25.8 Å². The van der Waals surface area contributed by atoms with Crippen molar-refractivity contribution in [1.29, 1.82) is 0 Å². The van der Waals surface area contributed by atoms with E-state index in [0.717, 1.165) is 36.0 Å². The number of hydrogen-bond acceptors (Lipinski definition) is 2. The van der Waals surface area contributed by atoms with E-state index in [-0.39, 0.29) is 5.41 Å². The maximum atomic E-state index is 12.7. The first-order chi connectivity index (χ1) is 14.4. The van der Waals surface area contributed by atoms with Crippen molar-refractivity contribution in [2.45, 2.75) is 104 Å². The molecule has 5 unspecified atom stereocenters. The Bertz CT molecular complexity index is 637. The molecule has 1 saturated heterocycles. The SMILES string of the molecule is CN1CCC(CCC2CCC[C@@]3(C)C(CCC4C3CC[C@]3(C)C(=O)CCC43)C2)CC1. The van der Waals surface area contributed by atoms with Gasteiger partial charge in [-0.1, -0.05) is 39.5 Å². The first-order valence-corrected chi connectivity index (χ1v) is 13.6. The van der Waals surface area contributed by atoms with E-state index in [4.69, 9.17) is 0 Å². The Morgan fingerprint density at radius 3 is 2.43 bits per heavy atom. The summed E-state index contributed by atoms with van der Waals surface area (Å²) in [4.78, 5) is 15.2. The Hall–Kier alpha value is -0.370. The van der Waals surface area contributed by atoms with Crippen LogP contribution in [0.25, 0.3) is 0 Å². The number of rotatable bonds is 3. The Morgan fingerprint density at radius 2 is 1.63 bits per heavy atom. The maximum absolute atomic E-state index is 12.7. The summed E-state index contributed by atoms with van der Waals surface area (Å²) in [6.07, 6.45) is 19.3. The van der Waals surface area contributed by atoms with E-state index in [1.165, 1.54) is 96.6 Å². The van der Waals surface area contributed by atoms with Gasteiger partial charge in [-0.05, 0) is 119 Å². The van der Waals surface area contributed by atoms with Gasteiger partial charge >= 0.3 is 0 Å². The van der Waals surface area contributed by atoms with Gasteiger partial charge in [-0.3, -0.25) is 4.79 Å². The van der Waals surface area contributed by atoms with Crippen molar-refractivity contribution in [2.75, 3.05) is 20.1 Å². The molecule has 0 spiro atoms. The Kier molecular flexibility index (Phi) is 5.87. The number of likely N-dealkylation sites (tertiary alicyclic amines) is 1. The molecule has 1 aliphatic heterocycles. The van der Waals surface area contributed by atoms with Gasteiger partial charge < -0.3 is 4.90 Å². The second-order valence-electron chi connectivity index (χ2n) is 12.9. The zero-order chi connectivity index (χ0) is 20.9. The molecule has 0 aromatic rings. The number of fused-ring (bicyclic) bond motifs is 5. The highest BCUT2D eigenvalue weighted by Crippen LogP contribution is 2.65. The minimum absolute atomic E-state index is 0.0473. The topological polar surface area (TPSA) is 20.3 Å². The summed E-state index contributed by atoms with van der Waals surface area (Å²) in [5, 5.41) is 0. The van der Waals surface area contributed by atoms with Crippen LogP contribution in [0.15, 0.2) is 0 Å². The molecule has 7 atom stereocenters. The highest BCUT2D eigenvalue weighted by Gasteiger charge is 2.59. The predicted molar refractivity (Wildman–Crippen MR) is 124 cm³/mol. The molecule has 1 heterocycles. The normalized spacial score (nSPS) is 48.0. The number of nitrogens with zero attached hydrogens (tertiary/aromatic N) is 1. The molecular weight excluding hydrogens is 366 g/mol. The third-order valence-corrected chi connectivity index (χ3v) is 11.5. The van der Waals surface area contributed by atoms with Gasteiger partial charge in [-0.2, -0.15) is 0 Å². The molecule has 0 N–H and O–H groups in total. The predicted octanol–water partition coefficient (Wildman–Crippen LogP) is 6.73. The average molecular weight is 414 g/mol. The summed E-state index contributed by atoms with van der Waals surface area (Å²) in [5.41, 5.74) is 0.615. The minimum Gasteiger partial charge on any atom is -0.306 e. The summed E-state index contributed by atoms with van der Waals surface area (Å²) < 4.78 is 0. The van der Waals surface area contributed by atoms with E-state index in [9.17, 15) is 4.79 Å². The molecule has 0 aromatic heterocycles. The lowest BCUT2D eigenvalue weighted by molar-refractivity contribution is -0.136. The Balaban J connectivity index is 1.23. The van der Waals surface area contributed by atoms with E-state index in [1.54, 1.807) is 0 Å². The number of piperidine rings is 1. The van der Waals surface area contributed by atoms with Gasteiger partial charge in [0, 0.05) is 11.8 Å². The zero-order valence-electron chi connectivity index (χ0n) is 20.1. The molecule has 2 heteroatoms. The maximum Gasteiger partial charge on any atom is 0.139 e. The molecule has 0 amide bonds. The molecule has 0 aromatic carbocycles. The molecule has 5 fully saturated rings. The second-order valence-corrected chi connectivity index (χ2v) is 12.9. The summed E-state index contributed by atoms with van der Waals surface area (Å²) in [6, 6.07) is 0. The van der Waals surface area contributed by atoms with Crippen LogP contribution in [-0.4, -0.2) is 30.8 Å². The van der Waals surface area contributed by atoms with Crippen LogP contribution in [0.5, 0.6) is 0 Å². The van der Waals surface area contributed by atoms with Crippen LogP contribution in [0.4, 0.5) is 0 Å². The van der Waals surface area contributed by atoms with Crippen LogP contribution in [-0.2, 0) is 4.79 Å². The van der Waals surface area contributed by atoms with Crippen molar-refractivity contribution >= 4 is 5.78 Å². The first-order valence-electron chi connectivity index (χ1n) is 13.6. The molecule has 170 valence electrons. The van der Waals surface area contributed by atoms with Crippen LogP contribution < -0.4 is 0 Å². The smallest absolute Gasteiger partial charge is 0.139 e. The van der Waals surface area contributed by atoms with Crippen LogP contribution in [0, 0.1) is 46.3 Å². The van der Waals surface area contributed by atoms with Gasteiger partial charge in [0.25, 0.3) is 0 Å². The molecule has 4 aliphatic carbocycles. The lowest BCUT2D eigenvalue weighted by Gasteiger charge is -2.58. The standard InChI is InChI=1S/C28H47NO/c1-27-15-4-5-21(7-6-20-13-17-29(3)18-14-20)19-22(27)8-9-23-24-10-11-26(30)28(24,2)16-12-25(23)27/h20-25H,4-19H2,1-3H3/t21?,22?,23?,24?,25?,27-,28-/m0/s1. The Morgan fingerprint density at radius 1 is 0.867 bits per heavy atom. The molecule has 5 aliphatic rings. The summed E-state index contributed by atoms with van der Waals surface area (Å²) in [6.45, 7) is 7.68. The van der Waals surface area contributed by atoms with Gasteiger partial charge in [0.2, 0.25) is 0 Å². The monoisotopic (exact) mass is 413 g/mol. The molecule has 0 radical (unpaired) electrons. The van der Waals surface area contributed by atoms with Gasteiger partial charge in [-0.25, -0.2) is 0 Å². The lowest BCUT2D eigenvalue weighted by atomic mass is 9.46. The molecule has 4 saturated carbocycles. The molecular formula is C28H47NO. The van der Waals surface area contributed by atoms with Crippen molar-refractivity contribution in [3.05, 3.63) is 0 Å². The Labute approximate surface area is 185 Å². The highest BCUT2D eigenvalue weighted by atomic mass is 16.1.